The highest BCUT2D eigenvalue weighted by Crippen LogP contribution is 2.34. The lowest BCUT2D eigenvalue weighted by atomic mass is 10.1. The molecular formula is C24H24N2O3S. The third-order valence-corrected chi connectivity index (χ3v) is 6.77. The van der Waals surface area contributed by atoms with E-state index in [-0.39, 0.29) is 23.4 Å². The average Bonchev–Trinajstić information content (AvgIpc) is 3.07. The molecule has 0 aromatic heterocycles. The molecule has 1 N–H and O–H groups in total. The molecule has 30 heavy (non-hydrogen) atoms. The summed E-state index contributed by atoms with van der Waals surface area (Å²) in [5.74, 6) is -0.0423. The number of fused-ring (bicyclic) bond motifs is 1. The molecule has 0 bridgehead atoms. The monoisotopic (exact) mass is 420 g/mol. The molecule has 0 spiro atoms. The molecule has 154 valence electrons. The number of sulfonamides is 1. The van der Waals surface area contributed by atoms with Gasteiger partial charge >= 0.3 is 0 Å². The van der Waals surface area contributed by atoms with Gasteiger partial charge in [0, 0.05) is 23.8 Å². The normalized spacial score (nSPS) is 15.8. The van der Waals surface area contributed by atoms with Gasteiger partial charge in [-0.15, -0.1) is 0 Å². The van der Waals surface area contributed by atoms with E-state index < -0.39 is 10.0 Å². The Bertz CT molecular complexity index is 1190. The van der Waals surface area contributed by atoms with Crippen LogP contribution >= 0.6 is 0 Å². The summed E-state index contributed by atoms with van der Waals surface area (Å²) in [5.41, 5.74) is 4.29. The van der Waals surface area contributed by atoms with E-state index in [2.05, 4.69) is 4.72 Å². The maximum Gasteiger partial charge on any atom is 0.258 e. The fourth-order valence-corrected chi connectivity index (χ4v) is 4.96. The molecule has 0 fully saturated rings. The number of carbonyl (C=O) groups excluding carboxylic acids is 1. The lowest BCUT2D eigenvalue weighted by Gasteiger charge is -2.23. The summed E-state index contributed by atoms with van der Waals surface area (Å²) >= 11 is 0. The van der Waals surface area contributed by atoms with E-state index >= 15 is 0 Å². The van der Waals surface area contributed by atoms with Gasteiger partial charge in [-0.2, -0.15) is 0 Å². The van der Waals surface area contributed by atoms with Crippen LogP contribution in [0.2, 0.25) is 0 Å². The molecule has 0 aliphatic carbocycles. The van der Waals surface area contributed by atoms with Gasteiger partial charge in [0.05, 0.1) is 4.90 Å². The molecule has 1 aliphatic heterocycles. The minimum Gasteiger partial charge on any atom is -0.305 e. The molecule has 0 saturated carbocycles. The summed E-state index contributed by atoms with van der Waals surface area (Å²) in [6.07, 6.45) is 0.781. The van der Waals surface area contributed by atoms with Gasteiger partial charge in [0.15, 0.2) is 0 Å². The van der Waals surface area contributed by atoms with Crippen LogP contribution in [-0.4, -0.2) is 20.4 Å². The first-order valence-electron chi connectivity index (χ1n) is 9.92. The molecule has 0 saturated heterocycles. The van der Waals surface area contributed by atoms with Gasteiger partial charge in [-0.05, 0) is 67.3 Å². The van der Waals surface area contributed by atoms with E-state index in [1.54, 1.807) is 18.2 Å². The summed E-state index contributed by atoms with van der Waals surface area (Å²) in [7, 11) is -3.61. The zero-order valence-corrected chi connectivity index (χ0v) is 17.8. The van der Waals surface area contributed by atoms with Crippen molar-refractivity contribution in [3.63, 3.8) is 0 Å². The van der Waals surface area contributed by atoms with Crippen molar-refractivity contribution >= 4 is 21.6 Å². The lowest BCUT2D eigenvalue weighted by molar-refractivity contribution is 0.0981. The van der Waals surface area contributed by atoms with Crippen molar-refractivity contribution in [1.29, 1.82) is 0 Å². The Morgan fingerprint density at radius 2 is 1.80 bits per heavy atom. The van der Waals surface area contributed by atoms with Gasteiger partial charge in [0.2, 0.25) is 10.0 Å². The maximum absolute atomic E-state index is 13.1. The Labute approximate surface area is 177 Å². The lowest BCUT2D eigenvalue weighted by Crippen LogP contribution is -2.35. The smallest absolute Gasteiger partial charge is 0.258 e. The molecular weight excluding hydrogens is 396 g/mol. The zero-order chi connectivity index (χ0) is 21.3. The van der Waals surface area contributed by atoms with Crippen molar-refractivity contribution in [1.82, 2.24) is 4.72 Å². The van der Waals surface area contributed by atoms with Crippen LogP contribution in [0.1, 0.15) is 34.0 Å². The van der Waals surface area contributed by atoms with Crippen LogP contribution in [0.25, 0.3) is 0 Å². The third-order valence-electron chi connectivity index (χ3n) is 5.37. The van der Waals surface area contributed by atoms with Crippen LogP contribution in [0, 0.1) is 6.92 Å². The van der Waals surface area contributed by atoms with Crippen LogP contribution in [0.5, 0.6) is 0 Å². The molecule has 5 nitrogen and oxygen atoms in total. The maximum atomic E-state index is 13.1. The quantitative estimate of drug-likeness (QED) is 0.677. The Morgan fingerprint density at radius 3 is 2.53 bits per heavy atom. The predicted octanol–water partition coefficient (Wildman–Crippen LogP) is 4.06. The molecule has 1 amide bonds. The summed E-state index contributed by atoms with van der Waals surface area (Å²) in [6, 6.07) is 21.9. The van der Waals surface area contributed by atoms with Gasteiger partial charge in [-0.3, -0.25) is 4.79 Å². The van der Waals surface area contributed by atoms with Gasteiger partial charge < -0.3 is 4.90 Å². The molecule has 3 aromatic carbocycles. The Morgan fingerprint density at radius 1 is 1.03 bits per heavy atom. The van der Waals surface area contributed by atoms with Crippen LogP contribution in [0.3, 0.4) is 0 Å². The second kappa shape index (κ2) is 8.05. The van der Waals surface area contributed by atoms with E-state index in [0.717, 1.165) is 28.8 Å². The molecule has 3 aromatic rings. The van der Waals surface area contributed by atoms with Crippen molar-refractivity contribution in [2.45, 2.75) is 37.8 Å². The van der Waals surface area contributed by atoms with Crippen LogP contribution in [0.15, 0.2) is 77.7 Å². The van der Waals surface area contributed by atoms with Crippen molar-refractivity contribution in [3.05, 3.63) is 95.1 Å². The zero-order valence-electron chi connectivity index (χ0n) is 17.0. The average molecular weight is 421 g/mol. The Hall–Kier alpha value is -2.96. The van der Waals surface area contributed by atoms with Gasteiger partial charge in [-0.1, -0.05) is 42.5 Å². The van der Waals surface area contributed by atoms with Crippen LogP contribution in [0.4, 0.5) is 5.69 Å². The Balaban J connectivity index is 1.57. The molecule has 4 rings (SSSR count). The molecule has 1 atom stereocenters. The highest BCUT2D eigenvalue weighted by atomic mass is 32.2. The van der Waals surface area contributed by atoms with E-state index in [1.165, 1.54) is 0 Å². The topological polar surface area (TPSA) is 66.5 Å². The van der Waals surface area contributed by atoms with Crippen molar-refractivity contribution < 1.29 is 13.2 Å². The number of nitrogens with zero attached hydrogens (tertiary/aromatic N) is 1. The Kier molecular flexibility index (Phi) is 5.45. The second-order valence-corrected chi connectivity index (χ2v) is 9.47. The molecule has 1 unspecified atom stereocenters. The standard InChI is InChI=1S/C24H24N2O3S/c1-17-7-6-10-22(13-17)30(28,29)25-16-19-11-12-21-14-18(2)26(23(21)15-19)24(27)20-8-4-3-5-9-20/h3-13,15,18,25H,14,16H2,1-2H3. The summed E-state index contributed by atoms with van der Waals surface area (Å²) in [6.45, 7) is 4.05. The van der Waals surface area contributed by atoms with Gasteiger partial charge in [0.25, 0.3) is 5.91 Å². The number of nitrogens with one attached hydrogen (secondary N) is 1. The molecule has 1 heterocycles. The van der Waals surface area contributed by atoms with Gasteiger partial charge in [0.1, 0.15) is 0 Å². The van der Waals surface area contributed by atoms with E-state index in [1.807, 2.05) is 73.3 Å². The molecule has 1 aliphatic rings. The highest BCUT2D eigenvalue weighted by Gasteiger charge is 2.31. The van der Waals surface area contributed by atoms with Crippen LogP contribution < -0.4 is 9.62 Å². The SMILES string of the molecule is Cc1cccc(S(=O)(=O)NCc2ccc3c(c2)N(C(=O)c2ccccc2)C(C)C3)c1. The number of hydrogen-bond donors (Lipinski definition) is 1. The number of benzene rings is 3. The summed E-state index contributed by atoms with van der Waals surface area (Å²) in [4.78, 5) is 15.1. The summed E-state index contributed by atoms with van der Waals surface area (Å²) < 4.78 is 27.9. The number of rotatable bonds is 5. The first-order chi connectivity index (χ1) is 14.3. The van der Waals surface area contributed by atoms with E-state index in [0.29, 0.717) is 5.56 Å². The highest BCUT2D eigenvalue weighted by molar-refractivity contribution is 7.89. The number of carbonyl (C=O) groups is 1. The third kappa shape index (κ3) is 4.01. The van der Waals surface area contributed by atoms with Crippen LogP contribution in [-0.2, 0) is 23.0 Å². The van der Waals surface area contributed by atoms with E-state index in [9.17, 15) is 13.2 Å². The number of anilines is 1. The largest absolute Gasteiger partial charge is 0.305 e. The van der Waals surface area contributed by atoms with Crippen molar-refractivity contribution in [2.24, 2.45) is 0 Å². The minimum atomic E-state index is -3.61. The molecule has 6 heteroatoms. The second-order valence-electron chi connectivity index (χ2n) is 7.70. The fraction of sp³-hybridized carbons (Fsp3) is 0.208. The minimum absolute atomic E-state index is 0.0423. The van der Waals surface area contributed by atoms with E-state index in [4.69, 9.17) is 0 Å². The molecule has 0 radical (unpaired) electrons. The van der Waals surface area contributed by atoms with Crippen molar-refractivity contribution in [3.8, 4) is 0 Å². The summed E-state index contributed by atoms with van der Waals surface area (Å²) in [5, 5.41) is 0. The number of aryl methyl sites for hydroxylation is 1. The predicted molar refractivity (Wildman–Crippen MR) is 118 cm³/mol. The van der Waals surface area contributed by atoms with Gasteiger partial charge in [-0.25, -0.2) is 13.1 Å². The first kappa shape index (κ1) is 20.3. The number of amides is 1. The number of hydrogen-bond acceptors (Lipinski definition) is 3. The first-order valence-corrected chi connectivity index (χ1v) is 11.4. The van der Waals surface area contributed by atoms with Crippen molar-refractivity contribution in [2.75, 3.05) is 4.90 Å². The fourth-order valence-electron chi connectivity index (χ4n) is 3.84.